The largest absolute Gasteiger partial charge is 0.344 e. The van der Waals surface area contributed by atoms with Crippen LogP contribution in [-0.2, 0) is 7.05 Å². The van der Waals surface area contributed by atoms with E-state index in [0.717, 1.165) is 0 Å². The van der Waals surface area contributed by atoms with Crippen LogP contribution in [0.1, 0.15) is 43.7 Å². The van der Waals surface area contributed by atoms with E-state index < -0.39 is 0 Å². The summed E-state index contributed by atoms with van der Waals surface area (Å²) >= 11 is 0. The number of hydrogen-bond donors (Lipinski definition) is 0. The number of aromatic nitrogens is 1. The molecule has 2 unspecified atom stereocenters. The summed E-state index contributed by atoms with van der Waals surface area (Å²) in [6.45, 7) is 7.07. The summed E-state index contributed by atoms with van der Waals surface area (Å²) in [7, 11) is 2.21. The zero-order chi connectivity index (χ0) is 20.6. The molecule has 2 aliphatic carbocycles. The maximum Gasteiger partial charge on any atom is 0.0495 e. The highest BCUT2D eigenvalue weighted by molar-refractivity contribution is 6.17. The second-order valence-electron chi connectivity index (χ2n) is 9.85. The predicted octanol–water partition coefficient (Wildman–Crippen LogP) is 7.72. The lowest BCUT2D eigenvalue weighted by molar-refractivity contribution is 0.447. The van der Waals surface area contributed by atoms with Gasteiger partial charge in [-0.1, -0.05) is 93.1 Å². The number of allylic oxidation sites excluding steroid dienone is 4. The first-order chi connectivity index (χ1) is 14.5. The van der Waals surface area contributed by atoms with Gasteiger partial charge in [0.2, 0.25) is 0 Å². The molecule has 1 nitrogen and oxygen atoms in total. The third kappa shape index (κ3) is 2.24. The van der Waals surface area contributed by atoms with E-state index in [1.165, 1.54) is 49.6 Å². The first kappa shape index (κ1) is 17.8. The normalized spacial score (nSPS) is 20.1. The summed E-state index contributed by atoms with van der Waals surface area (Å²) in [6.07, 6.45) is 7.08. The summed E-state index contributed by atoms with van der Waals surface area (Å²) in [4.78, 5) is 0. The van der Waals surface area contributed by atoms with Gasteiger partial charge < -0.3 is 4.57 Å². The van der Waals surface area contributed by atoms with Gasteiger partial charge in [0.05, 0.1) is 0 Å². The van der Waals surface area contributed by atoms with Crippen molar-refractivity contribution in [2.75, 3.05) is 0 Å². The molecule has 1 aromatic heterocycles. The number of rotatable bonds is 0. The molecule has 0 N–H and O–H groups in total. The highest BCUT2D eigenvalue weighted by Gasteiger charge is 2.37. The maximum atomic E-state index is 2.42. The number of hydrogen-bond acceptors (Lipinski definition) is 0. The lowest BCUT2D eigenvalue weighted by atomic mass is 9.64. The van der Waals surface area contributed by atoms with Crippen molar-refractivity contribution in [3.63, 3.8) is 0 Å². The second-order valence-corrected chi connectivity index (χ2v) is 9.85. The van der Waals surface area contributed by atoms with Crippen LogP contribution in [0.2, 0.25) is 0 Å². The van der Waals surface area contributed by atoms with Gasteiger partial charge in [0.1, 0.15) is 0 Å². The van der Waals surface area contributed by atoms with Crippen LogP contribution in [0.5, 0.6) is 0 Å². The minimum atomic E-state index is 0.109. The van der Waals surface area contributed by atoms with Crippen molar-refractivity contribution in [2.45, 2.75) is 32.6 Å². The minimum absolute atomic E-state index is 0.109. The number of nitrogens with zero attached hydrogens (tertiary/aromatic N) is 1. The van der Waals surface area contributed by atoms with Crippen molar-refractivity contribution in [2.24, 2.45) is 12.5 Å². The molecule has 3 aromatic carbocycles. The topological polar surface area (TPSA) is 4.93 Å². The van der Waals surface area contributed by atoms with Gasteiger partial charge in [-0.2, -0.15) is 0 Å². The fourth-order valence-corrected chi connectivity index (χ4v) is 5.89. The van der Waals surface area contributed by atoms with Gasteiger partial charge in [-0.05, 0) is 39.8 Å². The first-order valence-electron chi connectivity index (χ1n) is 10.9. The third-order valence-corrected chi connectivity index (χ3v) is 7.19. The van der Waals surface area contributed by atoms with Crippen LogP contribution in [0.3, 0.4) is 0 Å². The Morgan fingerprint density at radius 3 is 2.20 bits per heavy atom. The van der Waals surface area contributed by atoms with Gasteiger partial charge in [-0.15, -0.1) is 0 Å². The highest BCUT2D eigenvalue weighted by atomic mass is 14.9. The van der Waals surface area contributed by atoms with Crippen LogP contribution in [0.15, 0.2) is 84.5 Å². The molecule has 4 aromatic rings. The van der Waals surface area contributed by atoms with Crippen LogP contribution < -0.4 is 0 Å². The molecule has 6 rings (SSSR count). The minimum Gasteiger partial charge on any atom is -0.344 e. The molecule has 2 atom stereocenters. The summed E-state index contributed by atoms with van der Waals surface area (Å²) < 4.78 is 2.37. The zero-order valence-electron chi connectivity index (χ0n) is 18.1. The van der Waals surface area contributed by atoms with Gasteiger partial charge in [-0.25, -0.2) is 0 Å². The van der Waals surface area contributed by atoms with Crippen LogP contribution in [0.4, 0.5) is 0 Å². The second kappa shape index (κ2) is 5.98. The van der Waals surface area contributed by atoms with E-state index in [0.29, 0.717) is 11.8 Å². The Kier molecular flexibility index (Phi) is 3.54. The van der Waals surface area contributed by atoms with Crippen molar-refractivity contribution >= 4 is 21.8 Å². The molecule has 0 amide bonds. The van der Waals surface area contributed by atoms with Crippen molar-refractivity contribution in [1.82, 2.24) is 4.57 Å². The molecule has 1 heterocycles. The Hall–Kier alpha value is -3.06. The van der Waals surface area contributed by atoms with E-state index in [1.807, 2.05) is 0 Å². The van der Waals surface area contributed by atoms with Crippen LogP contribution in [0, 0.1) is 5.41 Å². The summed E-state index contributed by atoms with van der Waals surface area (Å²) in [5, 5.41) is 2.83. The quantitative estimate of drug-likeness (QED) is 0.290. The Labute approximate surface area is 178 Å². The lowest BCUT2D eigenvalue weighted by Gasteiger charge is -2.39. The SMILES string of the molecule is Cn1c2cccc3c2c2c(cccc21)C1C(C(C)(C)C)=CC=CC1c1ccccc1-3. The Morgan fingerprint density at radius 1 is 0.733 bits per heavy atom. The third-order valence-electron chi connectivity index (χ3n) is 7.19. The van der Waals surface area contributed by atoms with E-state index in [-0.39, 0.29) is 5.41 Å². The molecule has 0 fully saturated rings. The Morgan fingerprint density at radius 2 is 1.40 bits per heavy atom. The van der Waals surface area contributed by atoms with Gasteiger partial charge in [0, 0.05) is 40.7 Å². The van der Waals surface area contributed by atoms with Crippen molar-refractivity contribution in [3.05, 3.63) is 95.6 Å². The Balaban J connectivity index is 1.86. The van der Waals surface area contributed by atoms with Gasteiger partial charge in [0.25, 0.3) is 0 Å². The van der Waals surface area contributed by atoms with Crippen molar-refractivity contribution < 1.29 is 0 Å². The molecule has 2 aliphatic rings. The van der Waals surface area contributed by atoms with Crippen molar-refractivity contribution in [3.8, 4) is 11.1 Å². The molecule has 0 saturated heterocycles. The van der Waals surface area contributed by atoms with Crippen LogP contribution >= 0.6 is 0 Å². The number of benzene rings is 3. The molecule has 30 heavy (non-hydrogen) atoms. The van der Waals surface area contributed by atoms with E-state index >= 15 is 0 Å². The average Bonchev–Trinajstić information content (AvgIpc) is 3.04. The van der Waals surface area contributed by atoms with E-state index in [9.17, 15) is 0 Å². The molecule has 0 bridgehead atoms. The molecular weight excluding hydrogens is 362 g/mol. The molecule has 1 heteroatoms. The monoisotopic (exact) mass is 389 g/mol. The average molecular weight is 390 g/mol. The number of aryl methyl sites for hydroxylation is 1. The Bertz CT molecular complexity index is 1390. The maximum absolute atomic E-state index is 2.42. The van der Waals surface area contributed by atoms with E-state index in [2.05, 4.69) is 111 Å². The molecule has 0 spiro atoms. The molecular formula is C29H27N. The van der Waals surface area contributed by atoms with Crippen molar-refractivity contribution in [1.29, 1.82) is 0 Å². The van der Waals surface area contributed by atoms with Crippen LogP contribution in [0.25, 0.3) is 32.9 Å². The number of fused-ring (bicyclic) bond motifs is 5. The molecule has 0 aliphatic heterocycles. The van der Waals surface area contributed by atoms with Crippen LogP contribution in [-0.4, -0.2) is 4.57 Å². The molecule has 148 valence electrons. The zero-order valence-corrected chi connectivity index (χ0v) is 18.1. The fraction of sp³-hybridized carbons (Fsp3) is 0.241. The summed E-state index contributed by atoms with van der Waals surface area (Å²) in [5.74, 6) is 0.688. The fourth-order valence-electron chi connectivity index (χ4n) is 5.89. The van der Waals surface area contributed by atoms with E-state index in [4.69, 9.17) is 0 Å². The molecule has 0 radical (unpaired) electrons. The predicted molar refractivity (Wildman–Crippen MR) is 128 cm³/mol. The summed E-state index contributed by atoms with van der Waals surface area (Å²) in [5.41, 5.74) is 9.92. The lowest BCUT2D eigenvalue weighted by Crippen LogP contribution is -2.24. The van der Waals surface area contributed by atoms with Gasteiger partial charge >= 0.3 is 0 Å². The smallest absolute Gasteiger partial charge is 0.0495 e. The molecule has 0 saturated carbocycles. The highest BCUT2D eigenvalue weighted by Crippen LogP contribution is 2.54. The first-order valence-corrected chi connectivity index (χ1v) is 10.9. The van der Waals surface area contributed by atoms with Gasteiger partial charge in [-0.3, -0.25) is 0 Å². The van der Waals surface area contributed by atoms with Gasteiger partial charge in [0.15, 0.2) is 0 Å². The standard InChI is InChI=1S/C29H27N/c1-29(2,3)23-15-7-12-20-18-10-5-6-11-19(18)21-13-8-16-24-27(21)28-22(26(20)23)14-9-17-25(28)30(24)4/h5-17,20,26H,1-4H3. The van der Waals surface area contributed by atoms with E-state index in [1.54, 1.807) is 0 Å². The summed E-state index contributed by atoms with van der Waals surface area (Å²) in [6, 6.07) is 22.7.